The lowest BCUT2D eigenvalue weighted by molar-refractivity contribution is -0.870. The first-order chi connectivity index (χ1) is 44.0. The van der Waals surface area contributed by atoms with E-state index in [1.54, 1.807) is 0 Å². The van der Waals surface area contributed by atoms with Crippen molar-refractivity contribution >= 4 is 19.8 Å². The van der Waals surface area contributed by atoms with E-state index in [2.05, 4.69) is 148 Å². The third-order valence-corrected chi connectivity index (χ3v) is 16.6. The molecule has 0 aromatic rings. The molecule has 0 aromatic carbocycles. The van der Waals surface area contributed by atoms with Gasteiger partial charge in [-0.1, -0.05) is 314 Å². The van der Waals surface area contributed by atoms with E-state index in [0.29, 0.717) is 17.4 Å². The van der Waals surface area contributed by atoms with Crippen molar-refractivity contribution in [1.82, 2.24) is 0 Å². The Hall–Kier alpha value is -3.85. The zero-order chi connectivity index (χ0) is 65.5. The molecule has 0 fully saturated rings. The topological polar surface area (TPSA) is 111 Å². The lowest BCUT2D eigenvalue weighted by atomic mass is 10.0. The summed E-state index contributed by atoms with van der Waals surface area (Å²) in [6.07, 6.45) is 101. The molecule has 0 aromatic heterocycles. The number of phosphoric acid groups is 1. The van der Waals surface area contributed by atoms with Gasteiger partial charge in [-0.3, -0.25) is 14.2 Å². The first-order valence-electron chi connectivity index (χ1n) is 36.9. The van der Waals surface area contributed by atoms with Crippen molar-refractivity contribution in [2.24, 2.45) is 0 Å². The summed E-state index contributed by atoms with van der Waals surface area (Å²) >= 11 is 0. The number of unbranched alkanes of at least 4 members (excludes halogenated alkanes) is 31. The summed E-state index contributed by atoms with van der Waals surface area (Å²) in [5, 5.41) is 0. The molecule has 9 nitrogen and oxygen atoms in total. The molecule has 0 aliphatic rings. The van der Waals surface area contributed by atoms with E-state index in [1.807, 2.05) is 21.1 Å². The molecule has 0 aliphatic carbocycles. The molecule has 0 aliphatic heterocycles. The minimum absolute atomic E-state index is 0.0370. The predicted molar refractivity (Wildman–Crippen MR) is 388 cm³/mol. The fraction of sp³-hybridized carbons (Fsp3) is 0.700. The van der Waals surface area contributed by atoms with Crippen LogP contribution in [0.15, 0.2) is 134 Å². The quantitative estimate of drug-likeness (QED) is 0.0195. The van der Waals surface area contributed by atoms with Crippen LogP contribution in [0.1, 0.15) is 309 Å². The summed E-state index contributed by atoms with van der Waals surface area (Å²) in [6.45, 7) is 4.13. The van der Waals surface area contributed by atoms with Crippen LogP contribution < -0.4 is 4.89 Å². The molecule has 0 saturated heterocycles. The molecule has 2 atom stereocenters. The molecule has 0 spiro atoms. The van der Waals surface area contributed by atoms with Gasteiger partial charge >= 0.3 is 11.9 Å². The first kappa shape index (κ1) is 86.2. The normalized spacial score (nSPS) is 13.9. The van der Waals surface area contributed by atoms with Crippen LogP contribution in [0.2, 0.25) is 0 Å². The van der Waals surface area contributed by atoms with Crippen molar-refractivity contribution in [3.05, 3.63) is 134 Å². The van der Waals surface area contributed by atoms with Gasteiger partial charge in [0.15, 0.2) is 6.10 Å². The molecule has 516 valence electrons. The van der Waals surface area contributed by atoms with Crippen molar-refractivity contribution in [3.8, 4) is 0 Å². The van der Waals surface area contributed by atoms with Gasteiger partial charge in [-0.05, 0) is 116 Å². The predicted octanol–water partition coefficient (Wildman–Crippen LogP) is 23.8. The Morgan fingerprint density at radius 3 is 0.944 bits per heavy atom. The second-order valence-electron chi connectivity index (χ2n) is 25.6. The third kappa shape index (κ3) is 73.2. The van der Waals surface area contributed by atoms with E-state index < -0.39 is 26.5 Å². The van der Waals surface area contributed by atoms with Gasteiger partial charge in [-0.25, -0.2) is 0 Å². The summed E-state index contributed by atoms with van der Waals surface area (Å²) in [7, 11) is 1.16. The van der Waals surface area contributed by atoms with Crippen molar-refractivity contribution in [3.63, 3.8) is 0 Å². The number of likely N-dealkylation sites (N-methyl/N-ethyl adjacent to an activating group) is 1. The molecule has 0 heterocycles. The highest BCUT2D eigenvalue weighted by Gasteiger charge is 2.22. The van der Waals surface area contributed by atoms with Crippen molar-refractivity contribution < 1.29 is 42.1 Å². The van der Waals surface area contributed by atoms with Crippen LogP contribution in [0.5, 0.6) is 0 Å². The summed E-state index contributed by atoms with van der Waals surface area (Å²) in [5.74, 6) is -0.838. The SMILES string of the molecule is CC/C=C\C/C=C\C/C=C\C/C=C\C/C=C\C/C=C\C/C=C\C/C=C\C/C=C\CCCCCCCCCCCC(=O)OC(COC(=O)CCCCCCCCCCCCCCCCCCC/C=C\C/C=C\CCCCCCC)COP(=O)([O-])OCC[N+](C)(C)C. The maximum absolute atomic E-state index is 12.9. The Morgan fingerprint density at radius 1 is 0.356 bits per heavy atom. The zero-order valence-electron chi connectivity index (χ0n) is 58.8. The van der Waals surface area contributed by atoms with Gasteiger partial charge in [-0.15, -0.1) is 0 Å². The van der Waals surface area contributed by atoms with Gasteiger partial charge in [0.2, 0.25) is 0 Å². The Bertz CT molecular complexity index is 1980. The molecule has 2 unspecified atom stereocenters. The smallest absolute Gasteiger partial charge is 0.306 e. The van der Waals surface area contributed by atoms with Gasteiger partial charge in [0.25, 0.3) is 7.82 Å². The van der Waals surface area contributed by atoms with Gasteiger partial charge in [0.05, 0.1) is 27.7 Å². The number of allylic oxidation sites excluding steroid dienone is 22. The molecule has 10 heteroatoms. The van der Waals surface area contributed by atoms with Crippen molar-refractivity contribution in [2.75, 3.05) is 47.5 Å². The molecular formula is C80H138NO8P. The van der Waals surface area contributed by atoms with Gasteiger partial charge in [0, 0.05) is 12.8 Å². The largest absolute Gasteiger partial charge is 0.756 e. The number of phosphoric ester groups is 1. The van der Waals surface area contributed by atoms with Crippen LogP contribution in [-0.4, -0.2) is 70.0 Å². The second kappa shape index (κ2) is 69.5. The number of esters is 2. The van der Waals surface area contributed by atoms with Crippen LogP contribution in [0.25, 0.3) is 0 Å². The number of carbonyl (C=O) groups is 2. The van der Waals surface area contributed by atoms with E-state index in [0.717, 1.165) is 109 Å². The minimum Gasteiger partial charge on any atom is -0.756 e. The van der Waals surface area contributed by atoms with Gasteiger partial charge < -0.3 is 27.9 Å². The molecule has 0 bridgehead atoms. The number of rotatable bonds is 67. The van der Waals surface area contributed by atoms with Crippen molar-refractivity contribution in [1.29, 1.82) is 0 Å². The van der Waals surface area contributed by atoms with Crippen LogP contribution >= 0.6 is 7.82 Å². The number of carbonyl (C=O) groups excluding carboxylic acids is 2. The average Bonchev–Trinajstić information content (AvgIpc) is 3.58. The zero-order valence-corrected chi connectivity index (χ0v) is 59.7. The molecule has 0 radical (unpaired) electrons. The van der Waals surface area contributed by atoms with Crippen LogP contribution in [-0.2, 0) is 32.7 Å². The van der Waals surface area contributed by atoms with E-state index in [-0.39, 0.29) is 32.0 Å². The number of hydrogen-bond acceptors (Lipinski definition) is 8. The maximum atomic E-state index is 12.9. The number of nitrogens with zero attached hydrogens (tertiary/aromatic N) is 1. The standard InChI is InChI=1S/C80H138NO8P/c1-6-8-10-12-14-16-18-20-22-24-26-28-30-32-34-36-37-38-39-40-41-42-43-45-47-49-51-53-55-57-59-61-63-65-67-69-71-73-80(83)89-78(77-88-90(84,85)87-75-74-81(3,4)5)76-86-79(82)72-70-68-66-64-62-60-58-56-54-52-50-48-46-44-35-33-31-29-27-25-23-21-19-17-15-13-11-9-7-2/h8,10,14,16,19-22,25-28,32,34,37-38,40-41,43,45,49,51,78H,6-7,9,11-13,15,17-18,23-24,29-31,33,35-36,39,42,44,46-48,50,52-77H2,1-5H3/b10-8-,16-14-,21-19-,22-20-,27-25-,28-26-,34-32-,38-37-,41-40-,45-43-,51-49-. The van der Waals surface area contributed by atoms with Crippen LogP contribution in [0.4, 0.5) is 0 Å². The van der Waals surface area contributed by atoms with E-state index in [9.17, 15) is 19.0 Å². The van der Waals surface area contributed by atoms with Crippen LogP contribution in [0, 0.1) is 0 Å². The molecule has 0 saturated carbocycles. The highest BCUT2D eigenvalue weighted by Crippen LogP contribution is 2.38. The lowest BCUT2D eigenvalue weighted by Crippen LogP contribution is -2.37. The number of ether oxygens (including phenoxy) is 2. The Morgan fingerprint density at radius 2 is 0.633 bits per heavy atom. The first-order valence-corrected chi connectivity index (χ1v) is 38.4. The maximum Gasteiger partial charge on any atom is 0.306 e. The van der Waals surface area contributed by atoms with Crippen molar-refractivity contribution in [2.45, 2.75) is 315 Å². The highest BCUT2D eigenvalue weighted by atomic mass is 31.2. The van der Waals surface area contributed by atoms with E-state index in [4.69, 9.17) is 18.5 Å². The minimum atomic E-state index is -4.65. The van der Waals surface area contributed by atoms with Gasteiger partial charge in [-0.2, -0.15) is 0 Å². The van der Waals surface area contributed by atoms with Gasteiger partial charge in [0.1, 0.15) is 19.8 Å². The fourth-order valence-corrected chi connectivity index (χ4v) is 10.8. The second-order valence-corrected chi connectivity index (χ2v) is 27.0. The molecule has 90 heavy (non-hydrogen) atoms. The average molecular weight is 1270 g/mol. The number of quaternary nitrogens is 1. The molecular weight excluding hydrogens is 1130 g/mol. The summed E-state index contributed by atoms with van der Waals surface area (Å²) in [6, 6.07) is 0. The van der Waals surface area contributed by atoms with E-state index in [1.165, 1.54) is 167 Å². The molecule has 0 amide bonds. The Kier molecular flexibility index (Phi) is 66.5. The summed E-state index contributed by atoms with van der Waals surface area (Å²) in [4.78, 5) is 38.1. The van der Waals surface area contributed by atoms with Crippen LogP contribution in [0.3, 0.4) is 0 Å². The fourth-order valence-electron chi connectivity index (χ4n) is 10.0. The van der Waals surface area contributed by atoms with E-state index >= 15 is 0 Å². The Balaban J connectivity index is 4.08. The molecule has 0 rings (SSSR count). The molecule has 0 N–H and O–H groups in total. The number of hydrogen-bond donors (Lipinski definition) is 0. The monoisotopic (exact) mass is 1270 g/mol. The third-order valence-electron chi connectivity index (χ3n) is 15.7. The summed E-state index contributed by atoms with van der Waals surface area (Å²) < 4.78 is 34.3. The highest BCUT2D eigenvalue weighted by molar-refractivity contribution is 7.45. The lowest BCUT2D eigenvalue weighted by Gasteiger charge is -2.28. The summed E-state index contributed by atoms with van der Waals surface area (Å²) in [5.41, 5.74) is 0. The Labute approximate surface area is 555 Å².